The lowest BCUT2D eigenvalue weighted by molar-refractivity contribution is 0.0600. The first-order valence-corrected chi connectivity index (χ1v) is 10.9. The molecule has 164 valence electrons. The van der Waals surface area contributed by atoms with Crippen molar-refractivity contribution in [2.75, 3.05) is 19.0 Å². The number of esters is 1. The molecular weight excluding hydrogens is 398 g/mol. The minimum Gasteiger partial charge on any atom is -0.465 e. The zero-order valence-corrected chi connectivity index (χ0v) is 19.0. The zero-order valence-electron chi connectivity index (χ0n) is 19.0. The number of ether oxygens (including phenoxy) is 1. The molecule has 0 spiro atoms. The predicted molar refractivity (Wildman–Crippen MR) is 130 cm³/mol. The Balaban J connectivity index is 1.52. The molecule has 0 aliphatic carbocycles. The predicted octanol–water partition coefficient (Wildman–Crippen LogP) is 5.97. The van der Waals surface area contributed by atoms with Gasteiger partial charge in [0.2, 0.25) is 0 Å². The van der Waals surface area contributed by atoms with Gasteiger partial charge in [-0.25, -0.2) is 4.79 Å². The summed E-state index contributed by atoms with van der Waals surface area (Å²) in [5.41, 5.74) is 6.48. The molecule has 4 rings (SSSR count). The van der Waals surface area contributed by atoms with Crippen LogP contribution < -0.4 is 5.32 Å². The van der Waals surface area contributed by atoms with E-state index in [-0.39, 0.29) is 11.4 Å². The van der Waals surface area contributed by atoms with Gasteiger partial charge in [0.05, 0.1) is 23.6 Å². The van der Waals surface area contributed by atoms with Crippen LogP contribution in [0.1, 0.15) is 42.3 Å². The van der Waals surface area contributed by atoms with Crippen molar-refractivity contribution in [3.05, 3.63) is 83.4 Å². The Morgan fingerprint density at radius 2 is 1.72 bits per heavy atom. The van der Waals surface area contributed by atoms with Crippen molar-refractivity contribution in [3.63, 3.8) is 0 Å². The average molecular weight is 428 g/mol. The van der Waals surface area contributed by atoms with Crippen molar-refractivity contribution in [3.8, 4) is 11.1 Å². The SMILES string of the molecule is COC(=O)c1ccc(CCNc2n[nH]c3cccc(-c4ccc(C(C)(C)C)cc4)c23)cc1. The summed E-state index contributed by atoms with van der Waals surface area (Å²) >= 11 is 0. The van der Waals surface area contributed by atoms with Crippen molar-refractivity contribution in [2.24, 2.45) is 0 Å². The van der Waals surface area contributed by atoms with Gasteiger partial charge in [0.25, 0.3) is 0 Å². The van der Waals surface area contributed by atoms with Gasteiger partial charge in [-0.3, -0.25) is 5.10 Å². The van der Waals surface area contributed by atoms with Gasteiger partial charge in [-0.2, -0.15) is 5.10 Å². The van der Waals surface area contributed by atoms with Crippen molar-refractivity contribution >= 4 is 22.7 Å². The topological polar surface area (TPSA) is 67.0 Å². The molecule has 0 aliphatic heterocycles. The Bertz CT molecular complexity index is 1220. The number of hydrogen-bond donors (Lipinski definition) is 2. The van der Waals surface area contributed by atoms with E-state index in [2.05, 4.69) is 72.7 Å². The molecule has 0 amide bonds. The molecule has 5 heteroatoms. The van der Waals surface area contributed by atoms with Crippen LogP contribution in [0.15, 0.2) is 66.7 Å². The number of carbonyl (C=O) groups excluding carboxylic acids is 1. The molecule has 1 aromatic heterocycles. The molecule has 2 N–H and O–H groups in total. The summed E-state index contributed by atoms with van der Waals surface area (Å²) in [4.78, 5) is 11.6. The number of aromatic amines is 1. The van der Waals surface area contributed by atoms with E-state index in [0.717, 1.165) is 40.8 Å². The second-order valence-corrected chi connectivity index (χ2v) is 8.99. The monoisotopic (exact) mass is 427 g/mol. The summed E-state index contributed by atoms with van der Waals surface area (Å²) in [5, 5.41) is 12.2. The lowest BCUT2D eigenvalue weighted by Gasteiger charge is -2.19. The first-order chi connectivity index (χ1) is 15.4. The molecule has 0 atom stereocenters. The third kappa shape index (κ3) is 4.52. The maximum atomic E-state index is 11.6. The second kappa shape index (κ2) is 8.87. The van der Waals surface area contributed by atoms with Gasteiger partial charge < -0.3 is 10.1 Å². The van der Waals surface area contributed by atoms with Gasteiger partial charge in [-0.1, -0.05) is 69.3 Å². The third-order valence-electron chi connectivity index (χ3n) is 5.73. The lowest BCUT2D eigenvalue weighted by Crippen LogP contribution is -2.10. The summed E-state index contributed by atoms with van der Waals surface area (Å²) in [6, 6.07) is 22.5. The van der Waals surface area contributed by atoms with Gasteiger partial charge in [-0.15, -0.1) is 0 Å². The number of nitrogens with zero attached hydrogens (tertiary/aromatic N) is 1. The number of methoxy groups -OCH3 is 1. The molecule has 0 fully saturated rings. The highest BCUT2D eigenvalue weighted by atomic mass is 16.5. The van der Waals surface area contributed by atoms with E-state index >= 15 is 0 Å². The van der Waals surface area contributed by atoms with Gasteiger partial charge in [-0.05, 0) is 52.3 Å². The number of hydrogen-bond acceptors (Lipinski definition) is 4. The van der Waals surface area contributed by atoms with Crippen LogP contribution in [0.2, 0.25) is 0 Å². The van der Waals surface area contributed by atoms with E-state index in [1.165, 1.54) is 18.2 Å². The van der Waals surface area contributed by atoms with E-state index in [0.29, 0.717) is 5.56 Å². The molecule has 0 saturated carbocycles. The molecule has 4 aromatic rings. The van der Waals surface area contributed by atoms with Gasteiger partial charge in [0, 0.05) is 6.54 Å². The number of fused-ring (bicyclic) bond motifs is 1. The average Bonchev–Trinajstić information content (AvgIpc) is 3.22. The number of carbonyl (C=O) groups is 1. The van der Waals surface area contributed by atoms with Crippen LogP contribution in [0.3, 0.4) is 0 Å². The highest BCUT2D eigenvalue weighted by Gasteiger charge is 2.15. The van der Waals surface area contributed by atoms with Crippen LogP contribution in [-0.2, 0) is 16.6 Å². The maximum absolute atomic E-state index is 11.6. The molecule has 0 unspecified atom stereocenters. The minimum atomic E-state index is -0.319. The summed E-state index contributed by atoms with van der Waals surface area (Å²) in [6.45, 7) is 7.41. The number of rotatable bonds is 6. The fraction of sp³-hybridized carbons (Fsp3) is 0.259. The van der Waals surface area contributed by atoms with E-state index in [1.54, 1.807) is 12.1 Å². The summed E-state index contributed by atoms with van der Waals surface area (Å²) in [5.74, 6) is 0.530. The van der Waals surface area contributed by atoms with Crippen LogP contribution in [0.5, 0.6) is 0 Å². The minimum absolute atomic E-state index is 0.127. The van der Waals surface area contributed by atoms with Crippen LogP contribution in [0, 0.1) is 0 Å². The van der Waals surface area contributed by atoms with E-state index in [9.17, 15) is 4.79 Å². The lowest BCUT2D eigenvalue weighted by atomic mass is 9.86. The number of anilines is 1. The second-order valence-electron chi connectivity index (χ2n) is 8.99. The van der Waals surface area contributed by atoms with Crippen LogP contribution in [-0.4, -0.2) is 29.8 Å². The van der Waals surface area contributed by atoms with E-state index in [4.69, 9.17) is 4.74 Å². The van der Waals surface area contributed by atoms with Crippen molar-refractivity contribution in [1.29, 1.82) is 0 Å². The molecular formula is C27H29N3O2. The molecule has 1 heterocycles. The van der Waals surface area contributed by atoms with Gasteiger partial charge >= 0.3 is 5.97 Å². The summed E-state index contributed by atoms with van der Waals surface area (Å²) in [6.07, 6.45) is 0.818. The Labute approximate surface area is 188 Å². The summed E-state index contributed by atoms with van der Waals surface area (Å²) in [7, 11) is 1.39. The molecule has 0 saturated heterocycles. The quantitative estimate of drug-likeness (QED) is 0.372. The normalized spacial score (nSPS) is 11.5. The van der Waals surface area contributed by atoms with E-state index in [1.807, 2.05) is 18.2 Å². The van der Waals surface area contributed by atoms with Crippen LogP contribution >= 0.6 is 0 Å². The summed E-state index contributed by atoms with van der Waals surface area (Å²) < 4.78 is 4.75. The molecule has 32 heavy (non-hydrogen) atoms. The number of aromatic nitrogens is 2. The Hall–Kier alpha value is -3.60. The van der Waals surface area contributed by atoms with Crippen molar-refractivity contribution < 1.29 is 9.53 Å². The Morgan fingerprint density at radius 3 is 2.38 bits per heavy atom. The molecule has 3 aromatic carbocycles. The smallest absolute Gasteiger partial charge is 0.337 e. The first-order valence-electron chi connectivity index (χ1n) is 10.9. The van der Waals surface area contributed by atoms with Crippen LogP contribution in [0.25, 0.3) is 22.0 Å². The van der Waals surface area contributed by atoms with Gasteiger partial charge in [0.1, 0.15) is 0 Å². The molecule has 0 radical (unpaired) electrons. The van der Waals surface area contributed by atoms with Crippen molar-refractivity contribution in [1.82, 2.24) is 10.2 Å². The Kier molecular flexibility index (Phi) is 5.99. The fourth-order valence-corrected chi connectivity index (χ4v) is 3.84. The molecule has 5 nitrogen and oxygen atoms in total. The number of nitrogens with one attached hydrogen (secondary N) is 2. The van der Waals surface area contributed by atoms with Gasteiger partial charge in [0.15, 0.2) is 5.82 Å². The highest BCUT2D eigenvalue weighted by Crippen LogP contribution is 2.34. The fourth-order valence-electron chi connectivity index (χ4n) is 3.84. The largest absolute Gasteiger partial charge is 0.465 e. The van der Waals surface area contributed by atoms with E-state index < -0.39 is 0 Å². The Morgan fingerprint density at radius 1 is 1.00 bits per heavy atom. The van der Waals surface area contributed by atoms with Crippen LogP contribution in [0.4, 0.5) is 5.82 Å². The van der Waals surface area contributed by atoms with Crippen molar-refractivity contribution in [2.45, 2.75) is 32.6 Å². The maximum Gasteiger partial charge on any atom is 0.337 e. The first kappa shape index (κ1) is 21.6. The highest BCUT2D eigenvalue weighted by molar-refractivity contribution is 6.02. The molecule has 0 aliphatic rings. The third-order valence-corrected chi connectivity index (χ3v) is 5.73. The standard InChI is InChI=1S/C27H29N3O2/c1-27(2,3)21-14-12-19(13-15-21)22-6-5-7-23-24(22)25(30-29-23)28-17-16-18-8-10-20(11-9-18)26(31)32-4/h5-15H,16-17H2,1-4H3,(H2,28,29,30). The number of benzene rings is 3. The number of H-pyrrole nitrogens is 1. The molecule has 0 bridgehead atoms. The zero-order chi connectivity index (χ0) is 22.7.